The van der Waals surface area contributed by atoms with E-state index in [1.54, 1.807) is 0 Å². The van der Waals surface area contributed by atoms with Crippen molar-refractivity contribution in [1.29, 1.82) is 0 Å². The fourth-order valence-electron chi connectivity index (χ4n) is 0. The summed E-state index contributed by atoms with van der Waals surface area (Å²) in [5, 5.41) is 21.5. The SMILES string of the molecule is O=[N+]([O-])O.[CH2-]OC([NH-])=O.[CH2-]O[N+](=O)[O-].[K+].[NH2-].[Y]. The summed E-state index contributed by atoms with van der Waals surface area (Å²) >= 11 is 0. The van der Waals surface area contributed by atoms with Gasteiger partial charge in [-0.3, -0.25) is 4.79 Å². The minimum absolute atomic E-state index is 0. The largest absolute Gasteiger partial charge is 1.00 e. The number of hydrogen-bond acceptors (Lipinski definition) is 7. The average Bonchev–Trinajstić information content (AvgIpc) is 2.04. The Balaban J connectivity index is -0.0000000247. The van der Waals surface area contributed by atoms with Gasteiger partial charge in [0.2, 0.25) is 0 Å². The van der Waals surface area contributed by atoms with E-state index < -0.39 is 16.3 Å². The third-order valence-corrected chi connectivity index (χ3v) is 0.237. The summed E-state index contributed by atoms with van der Waals surface area (Å²) in [6, 6.07) is 0. The van der Waals surface area contributed by atoms with Crippen LogP contribution in [0.1, 0.15) is 0 Å². The molecule has 1 amide bonds. The molecule has 0 saturated heterocycles. The number of ether oxygens (including phenoxy) is 1. The van der Waals surface area contributed by atoms with Crippen LogP contribution in [0.25, 0.3) is 11.9 Å². The molecular formula is C3H8KN4O8Y-3. The fraction of sp³-hybridized carbons (Fsp3) is 0. The molecule has 4 N–H and O–H groups in total. The van der Waals surface area contributed by atoms with Crippen molar-refractivity contribution in [3.63, 3.8) is 0 Å². The van der Waals surface area contributed by atoms with Crippen LogP contribution in [-0.2, 0) is 42.3 Å². The Bertz CT molecular complexity index is 176. The van der Waals surface area contributed by atoms with Gasteiger partial charge in [-0.1, -0.05) is 0 Å². The van der Waals surface area contributed by atoms with Crippen LogP contribution >= 0.6 is 0 Å². The van der Waals surface area contributed by atoms with Crippen molar-refractivity contribution in [3.8, 4) is 0 Å². The molecule has 0 atom stereocenters. The van der Waals surface area contributed by atoms with Crippen molar-refractivity contribution < 1.29 is 114 Å². The summed E-state index contributed by atoms with van der Waals surface area (Å²) in [6.07, 6.45) is -1.11. The molecule has 14 heteroatoms. The van der Waals surface area contributed by atoms with Crippen LogP contribution < -0.4 is 51.4 Å². The molecule has 0 rings (SSSR count). The van der Waals surface area contributed by atoms with Gasteiger partial charge in [-0.05, 0) is 0 Å². The topological polar surface area (TPSA) is 199 Å². The Labute approximate surface area is 164 Å². The van der Waals surface area contributed by atoms with Gasteiger partial charge < -0.3 is 26.7 Å². The second-order valence-electron chi connectivity index (χ2n) is 1.02. The van der Waals surface area contributed by atoms with Crippen molar-refractivity contribution in [2.75, 3.05) is 0 Å². The van der Waals surface area contributed by atoms with E-state index in [2.05, 4.69) is 23.8 Å². The van der Waals surface area contributed by atoms with E-state index in [4.69, 9.17) is 31.2 Å². The minimum Gasteiger partial charge on any atom is -0.693 e. The number of nitrogens with zero attached hydrogens (tertiary/aromatic N) is 2. The number of carbonyl (C=O) groups is 1. The average molecular weight is 356 g/mol. The van der Waals surface area contributed by atoms with E-state index in [-0.39, 0.29) is 90.2 Å². The Morgan fingerprint density at radius 2 is 1.41 bits per heavy atom. The molecule has 0 fully saturated rings. The van der Waals surface area contributed by atoms with Crippen LogP contribution in [0, 0.1) is 34.4 Å². The molecule has 17 heavy (non-hydrogen) atoms. The molecule has 0 heterocycles. The monoisotopic (exact) mass is 356 g/mol. The molecule has 0 spiro atoms. The molecule has 0 aromatic heterocycles. The van der Waals surface area contributed by atoms with Crippen molar-refractivity contribution in [2.24, 2.45) is 0 Å². The zero-order valence-corrected chi connectivity index (χ0v) is 14.7. The maximum absolute atomic E-state index is 9.19. The Kier molecular flexibility index (Phi) is 63.4. The van der Waals surface area contributed by atoms with Gasteiger partial charge in [0, 0.05) is 32.7 Å². The van der Waals surface area contributed by atoms with Crippen molar-refractivity contribution in [3.05, 3.63) is 46.3 Å². The predicted molar refractivity (Wildman–Crippen MR) is 43.7 cm³/mol. The first kappa shape index (κ1) is 36.0. The third-order valence-electron chi connectivity index (χ3n) is 0.237. The molecule has 0 saturated carbocycles. The first-order chi connectivity index (χ1) is 6.27. The maximum atomic E-state index is 9.19. The zero-order chi connectivity index (χ0) is 12.1. The van der Waals surface area contributed by atoms with Crippen LogP contribution in [-0.4, -0.2) is 21.5 Å². The molecular weight excluding hydrogens is 348 g/mol. The van der Waals surface area contributed by atoms with Crippen LogP contribution in [0.4, 0.5) is 4.79 Å². The Morgan fingerprint density at radius 3 is 1.41 bits per heavy atom. The van der Waals surface area contributed by atoms with E-state index >= 15 is 0 Å². The summed E-state index contributed by atoms with van der Waals surface area (Å²) < 4.78 is 3.53. The first-order valence-corrected chi connectivity index (χ1v) is 2.35. The van der Waals surface area contributed by atoms with Gasteiger partial charge in [-0.15, -0.1) is 20.2 Å². The predicted octanol–water partition coefficient (Wildman–Crippen LogP) is -1.68. The van der Waals surface area contributed by atoms with Crippen molar-refractivity contribution in [1.82, 2.24) is 0 Å². The smallest absolute Gasteiger partial charge is 0.693 e. The summed E-state index contributed by atoms with van der Waals surface area (Å²) in [4.78, 5) is 29.7. The molecule has 0 aliphatic carbocycles. The molecule has 1 radical (unpaired) electrons. The number of nitrogens with two attached hydrogens (primary N) is 1. The van der Waals surface area contributed by atoms with Crippen molar-refractivity contribution >= 4 is 6.09 Å². The first-order valence-electron chi connectivity index (χ1n) is 2.35. The van der Waals surface area contributed by atoms with Crippen LogP contribution in [0.15, 0.2) is 0 Å². The molecule has 0 aliphatic heterocycles. The Morgan fingerprint density at radius 1 is 1.29 bits per heavy atom. The van der Waals surface area contributed by atoms with Crippen LogP contribution in [0.3, 0.4) is 0 Å². The second kappa shape index (κ2) is 29.9. The van der Waals surface area contributed by atoms with E-state index in [1.165, 1.54) is 0 Å². The molecule has 0 aromatic rings. The van der Waals surface area contributed by atoms with E-state index in [0.29, 0.717) is 0 Å². The molecule has 0 unspecified atom stereocenters. The van der Waals surface area contributed by atoms with Gasteiger partial charge in [0.25, 0.3) is 10.2 Å². The van der Waals surface area contributed by atoms with Gasteiger partial charge in [0.1, 0.15) is 0 Å². The summed E-state index contributed by atoms with van der Waals surface area (Å²) in [5.74, 6) is 0. The van der Waals surface area contributed by atoms with E-state index in [0.717, 1.165) is 0 Å². The number of carbonyl (C=O) groups excluding carboxylic acids is 1. The Hall–Kier alpha value is 0.370. The van der Waals surface area contributed by atoms with Gasteiger partial charge in [-0.25, -0.2) is 0 Å². The number of rotatable bonds is 1. The molecule has 95 valence electrons. The van der Waals surface area contributed by atoms with E-state index in [1.807, 2.05) is 0 Å². The van der Waals surface area contributed by atoms with Gasteiger partial charge in [0.15, 0.2) is 6.09 Å². The molecule has 0 aromatic carbocycles. The standard InChI is InChI=1S/C2H4NO2.CH2NO3.K.HNO3.H2N.Y/c2*1-5-2(3)4;;2-1(3)4;;/h1H2,(H2,3,4);1H2;;(H,2,3,4);1H2;/q2*-1;+1;;-1;/p-1. The molecule has 0 bridgehead atoms. The summed E-state index contributed by atoms with van der Waals surface area (Å²) in [5.41, 5.74) is 5.90. The molecule has 12 nitrogen and oxygen atoms in total. The zero-order valence-electron chi connectivity index (χ0n) is 8.77. The third kappa shape index (κ3) is 177. The van der Waals surface area contributed by atoms with E-state index in [9.17, 15) is 4.79 Å². The normalized spacial score (nSPS) is 5.29. The second-order valence-corrected chi connectivity index (χ2v) is 1.02. The molecule has 0 aliphatic rings. The summed E-state index contributed by atoms with van der Waals surface area (Å²) in [6.45, 7) is 0. The number of nitrogens with one attached hydrogen (secondary N) is 1. The van der Waals surface area contributed by atoms with Crippen LogP contribution in [0.2, 0.25) is 0 Å². The minimum atomic E-state index is -1.50. The number of hydrogen-bond donors (Lipinski definition) is 1. The fourth-order valence-corrected chi connectivity index (χ4v) is 0. The van der Waals surface area contributed by atoms with Crippen molar-refractivity contribution in [2.45, 2.75) is 0 Å². The van der Waals surface area contributed by atoms with Gasteiger partial charge in [-0.2, -0.15) is 14.2 Å². The maximum Gasteiger partial charge on any atom is 1.00 e. The van der Waals surface area contributed by atoms with Crippen LogP contribution in [0.5, 0.6) is 0 Å². The van der Waals surface area contributed by atoms with Gasteiger partial charge >= 0.3 is 51.4 Å². The number of amides is 1. The summed E-state index contributed by atoms with van der Waals surface area (Å²) in [7, 11) is 5.13. The van der Waals surface area contributed by atoms with Gasteiger partial charge in [0.05, 0.1) is 0 Å². The quantitative estimate of drug-likeness (QED) is 0.248.